The van der Waals surface area contributed by atoms with Crippen molar-refractivity contribution in [3.63, 3.8) is 0 Å². The molecule has 1 aliphatic carbocycles. The Bertz CT molecular complexity index is 409. The SMILES string of the molecule is COc1ccc(C2(O)C=CCCC2)c(C)c1. The van der Waals surface area contributed by atoms with Gasteiger partial charge in [0, 0.05) is 0 Å². The first kappa shape index (κ1) is 11.2. The van der Waals surface area contributed by atoms with Crippen LogP contribution in [0.5, 0.6) is 5.75 Å². The minimum atomic E-state index is -0.783. The number of aliphatic hydroxyl groups is 1. The Kier molecular flexibility index (Phi) is 3.01. The normalized spacial score (nSPS) is 24.4. The lowest BCUT2D eigenvalue weighted by Crippen LogP contribution is -2.25. The fraction of sp³-hybridized carbons (Fsp3) is 0.429. The zero-order valence-electron chi connectivity index (χ0n) is 9.86. The van der Waals surface area contributed by atoms with Crippen LogP contribution in [0.15, 0.2) is 30.4 Å². The summed E-state index contributed by atoms with van der Waals surface area (Å²) in [5, 5.41) is 10.6. The minimum Gasteiger partial charge on any atom is -0.497 e. The van der Waals surface area contributed by atoms with Crippen LogP contribution < -0.4 is 4.74 Å². The van der Waals surface area contributed by atoms with Crippen LogP contribution in [0.2, 0.25) is 0 Å². The lowest BCUT2D eigenvalue weighted by molar-refractivity contribution is 0.0719. The van der Waals surface area contributed by atoms with E-state index in [2.05, 4.69) is 6.08 Å². The van der Waals surface area contributed by atoms with Gasteiger partial charge in [-0.3, -0.25) is 0 Å². The second kappa shape index (κ2) is 4.30. The van der Waals surface area contributed by atoms with Crippen molar-refractivity contribution >= 4 is 0 Å². The highest BCUT2D eigenvalue weighted by Gasteiger charge is 2.28. The number of hydrogen-bond donors (Lipinski definition) is 1. The van der Waals surface area contributed by atoms with E-state index in [0.29, 0.717) is 0 Å². The number of allylic oxidation sites excluding steroid dienone is 1. The first-order valence-corrected chi connectivity index (χ1v) is 5.71. The molecule has 16 heavy (non-hydrogen) atoms. The van der Waals surface area contributed by atoms with Crippen LogP contribution in [-0.4, -0.2) is 12.2 Å². The molecule has 0 heterocycles. The zero-order chi connectivity index (χ0) is 11.6. The number of rotatable bonds is 2. The van der Waals surface area contributed by atoms with E-state index in [9.17, 15) is 5.11 Å². The second-order valence-corrected chi connectivity index (χ2v) is 4.40. The molecule has 0 radical (unpaired) electrons. The Morgan fingerprint density at radius 3 is 2.75 bits per heavy atom. The van der Waals surface area contributed by atoms with Gasteiger partial charge in [0.1, 0.15) is 11.4 Å². The Morgan fingerprint density at radius 2 is 2.19 bits per heavy atom. The fourth-order valence-corrected chi connectivity index (χ4v) is 2.32. The van der Waals surface area contributed by atoms with Crippen LogP contribution >= 0.6 is 0 Å². The van der Waals surface area contributed by atoms with Gasteiger partial charge in [0.2, 0.25) is 0 Å². The molecule has 1 N–H and O–H groups in total. The Labute approximate surface area is 96.6 Å². The molecule has 1 aliphatic rings. The summed E-state index contributed by atoms with van der Waals surface area (Å²) in [6.07, 6.45) is 6.89. The van der Waals surface area contributed by atoms with E-state index in [4.69, 9.17) is 4.74 Å². The second-order valence-electron chi connectivity index (χ2n) is 4.40. The highest BCUT2D eigenvalue weighted by Crippen LogP contribution is 2.35. The monoisotopic (exact) mass is 218 g/mol. The van der Waals surface area contributed by atoms with Gasteiger partial charge in [0.15, 0.2) is 0 Å². The molecular weight excluding hydrogens is 200 g/mol. The molecular formula is C14H18O2. The van der Waals surface area contributed by atoms with E-state index in [0.717, 1.165) is 36.1 Å². The third kappa shape index (κ3) is 1.98. The van der Waals surface area contributed by atoms with Crippen LogP contribution in [0.3, 0.4) is 0 Å². The van der Waals surface area contributed by atoms with Gasteiger partial charge in [-0.2, -0.15) is 0 Å². The Morgan fingerprint density at radius 1 is 1.38 bits per heavy atom. The van der Waals surface area contributed by atoms with Crippen molar-refractivity contribution in [2.24, 2.45) is 0 Å². The van der Waals surface area contributed by atoms with Gasteiger partial charge < -0.3 is 9.84 Å². The van der Waals surface area contributed by atoms with Crippen molar-refractivity contribution in [2.45, 2.75) is 31.8 Å². The standard InChI is InChI=1S/C14H18O2/c1-11-10-12(16-2)6-7-13(11)14(15)8-4-3-5-9-14/h4,6-8,10,15H,3,5,9H2,1-2H3. The summed E-state index contributed by atoms with van der Waals surface area (Å²) < 4.78 is 5.17. The Hall–Kier alpha value is -1.28. The van der Waals surface area contributed by atoms with E-state index in [1.54, 1.807) is 7.11 Å². The summed E-state index contributed by atoms with van der Waals surface area (Å²) >= 11 is 0. The van der Waals surface area contributed by atoms with E-state index >= 15 is 0 Å². The molecule has 2 heteroatoms. The molecule has 1 aromatic rings. The maximum absolute atomic E-state index is 10.6. The first-order chi connectivity index (χ1) is 7.65. The van der Waals surface area contributed by atoms with Gasteiger partial charge in [-0.15, -0.1) is 0 Å². The van der Waals surface area contributed by atoms with Gasteiger partial charge in [-0.05, 0) is 49.4 Å². The van der Waals surface area contributed by atoms with Crippen molar-refractivity contribution in [1.82, 2.24) is 0 Å². The number of ether oxygens (including phenoxy) is 1. The molecule has 2 nitrogen and oxygen atoms in total. The summed E-state index contributed by atoms with van der Waals surface area (Å²) in [5.41, 5.74) is 1.28. The van der Waals surface area contributed by atoms with Gasteiger partial charge >= 0.3 is 0 Å². The average Bonchev–Trinajstić information content (AvgIpc) is 2.29. The van der Waals surface area contributed by atoms with Gasteiger partial charge in [-0.25, -0.2) is 0 Å². The molecule has 0 amide bonds. The molecule has 1 atom stereocenters. The summed E-state index contributed by atoms with van der Waals surface area (Å²) in [7, 11) is 1.66. The fourth-order valence-electron chi connectivity index (χ4n) is 2.32. The lowest BCUT2D eigenvalue weighted by Gasteiger charge is -2.29. The maximum atomic E-state index is 10.6. The van der Waals surface area contributed by atoms with Crippen LogP contribution in [-0.2, 0) is 5.60 Å². The highest BCUT2D eigenvalue weighted by molar-refractivity contribution is 5.40. The third-order valence-corrected chi connectivity index (χ3v) is 3.22. The van der Waals surface area contributed by atoms with Gasteiger partial charge in [-0.1, -0.05) is 18.2 Å². The molecule has 0 spiro atoms. The number of benzene rings is 1. The van der Waals surface area contributed by atoms with E-state index in [1.807, 2.05) is 31.2 Å². The van der Waals surface area contributed by atoms with Gasteiger partial charge in [0.25, 0.3) is 0 Å². The molecule has 1 unspecified atom stereocenters. The van der Waals surface area contributed by atoms with Crippen LogP contribution in [0.25, 0.3) is 0 Å². The molecule has 86 valence electrons. The Balaban J connectivity index is 2.39. The zero-order valence-corrected chi connectivity index (χ0v) is 9.86. The van der Waals surface area contributed by atoms with E-state index in [-0.39, 0.29) is 0 Å². The summed E-state index contributed by atoms with van der Waals surface area (Å²) in [5.74, 6) is 0.838. The molecule has 0 bridgehead atoms. The van der Waals surface area contributed by atoms with Crippen molar-refractivity contribution < 1.29 is 9.84 Å². The van der Waals surface area contributed by atoms with Crippen molar-refractivity contribution in [1.29, 1.82) is 0 Å². The lowest BCUT2D eigenvalue weighted by atomic mass is 9.82. The molecule has 0 aromatic heterocycles. The van der Waals surface area contributed by atoms with Crippen LogP contribution in [0.4, 0.5) is 0 Å². The quantitative estimate of drug-likeness (QED) is 0.773. The number of aryl methyl sites for hydroxylation is 1. The minimum absolute atomic E-state index is 0.783. The predicted octanol–water partition coefficient (Wildman–Crippen LogP) is 2.93. The smallest absolute Gasteiger partial charge is 0.119 e. The third-order valence-electron chi connectivity index (χ3n) is 3.22. The summed E-state index contributed by atoms with van der Waals surface area (Å²) in [4.78, 5) is 0. The van der Waals surface area contributed by atoms with Crippen LogP contribution in [0, 0.1) is 6.92 Å². The first-order valence-electron chi connectivity index (χ1n) is 5.71. The number of hydrogen-bond acceptors (Lipinski definition) is 2. The van der Waals surface area contributed by atoms with Crippen LogP contribution in [0.1, 0.15) is 30.4 Å². The van der Waals surface area contributed by atoms with E-state index < -0.39 is 5.60 Å². The average molecular weight is 218 g/mol. The van der Waals surface area contributed by atoms with Gasteiger partial charge in [0.05, 0.1) is 7.11 Å². The molecule has 2 rings (SSSR count). The molecule has 0 fully saturated rings. The molecule has 1 aromatic carbocycles. The van der Waals surface area contributed by atoms with Crippen molar-refractivity contribution in [3.05, 3.63) is 41.5 Å². The van der Waals surface area contributed by atoms with E-state index in [1.165, 1.54) is 0 Å². The molecule has 0 aliphatic heterocycles. The number of methoxy groups -OCH3 is 1. The molecule has 0 saturated heterocycles. The highest BCUT2D eigenvalue weighted by atomic mass is 16.5. The largest absolute Gasteiger partial charge is 0.497 e. The van der Waals surface area contributed by atoms with Crippen molar-refractivity contribution in [3.8, 4) is 5.75 Å². The molecule has 0 saturated carbocycles. The summed E-state index contributed by atoms with van der Waals surface area (Å²) in [6.45, 7) is 2.01. The maximum Gasteiger partial charge on any atom is 0.119 e. The topological polar surface area (TPSA) is 29.5 Å². The predicted molar refractivity (Wildman–Crippen MR) is 64.6 cm³/mol. The van der Waals surface area contributed by atoms with Crippen molar-refractivity contribution in [2.75, 3.05) is 7.11 Å². The summed E-state index contributed by atoms with van der Waals surface area (Å²) in [6, 6.07) is 5.84.